The molecule has 0 aliphatic carbocycles. The van der Waals surface area contributed by atoms with Crippen LogP contribution in [0, 0.1) is 26.2 Å². The lowest BCUT2D eigenvalue weighted by atomic mass is 10.2. The van der Waals surface area contributed by atoms with Gasteiger partial charge in [-0.1, -0.05) is 5.92 Å². The minimum atomic E-state index is -0.298. The van der Waals surface area contributed by atoms with Gasteiger partial charge in [-0.15, -0.1) is 6.42 Å². The summed E-state index contributed by atoms with van der Waals surface area (Å²) in [7, 11) is 0. The number of carbonyl (C=O) groups excluding carboxylic acids is 2. The van der Waals surface area contributed by atoms with Crippen LogP contribution < -0.4 is 15.5 Å². The van der Waals surface area contributed by atoms with E-state index in [2.05, 4.69) is 16.7 Å². The van der Waals surface area contributed by atoms with Crippen LogP contribution in [0.1, 0.15) is 21.7 Å². The van der Waals surface area contributed by atoms with Gasteiger partial charge in [-0.05, 0) is 50.2 Å². The second-order valence-electron chi connectivity index (χ2n) is 5.19. The molecule has 124 valence electrons. The van der Waals surface area contributed by atoms with E-state index >= 15 is 0 Å². The average Bonchev–Trinajstić information content (AvgIpc) is 2.90. The van der Waals surface area contributed by atoms with Gasteiger partial charge in [-0.25, -0.2) is 0 Å². The first-order chi connectivity index (χ1) is 11.5. The summed E-state index contributed by atoms with van der Waals surface area (Å²) in [4.78, 5) is 23.6. The van der Waals surface area contributed by atoms with Crippen LogP contribution in [0.15, 0.2) is 36.4 Å². The van der Waals surface area contributed by atoms with Crippen molar-refractivity contribution >= 4 is 11.8 Å². The number of nitrogens with zero attached hydrogens (tertiary/aromatic N) is 1. The smallest absolute Gasteiger partial charge is 0.270 e. The Bertz CT molecular complexity index is 750. The van der Waals surface area contributed by atoms with Crippen LogP contribution in [-0.2, 0) is 4.79 Å². The summed E-state index contributed by atoms with van der Waals surface area (Å²) in [5.41, 5.74) is 5.20. The molecule has 0 bridgehead atoms. The molecular formula is C18H19N3O3. The summed E-state index contributed by atoms with van der Waals surface area (Å²) >= 11 is 0. The standard InChI is InChI=1S/C18H19N3O3/c1-4-11-19-17(22)12-24-16-9-7-15(8-10-16)18(23)20-21-13(2)5-6-14(21)3/h1,5-10H,11-12H2,2-3H3,(H,19,22)(H,20,23). The normalized spacial score (nSPS) is 9.88. The Hall–Kier alpha value is -3.20. The maximum Gasteiger partial charge on any atom is 0.270 e. The Kier molecular flexibility index (Phi) is 5.63. The number of amides is 2. The van der Waals surface area contributed by atoms with E-state index in [0.29, 0.717) is 11.3 Å². The molecule has 6 heteroatoms. The number of aromatic nitrogens is 1. The number of nitrogens with one attached hydrogen (secondary N) is 2. The molecule has 0 spiro atoms. The molecular weight excluding hydrogens is 306 g/mol. The Labute approximate surface area is 140 Å². The third kappa shape index (κ3) is 4.40. The Balaban J connectivity index is 1.93. The van der Waals surface area contributed by atoms with Crippen LogP contribution in [0.25, 0.3) is 0 Å². The van der Waals surface area contributed by atoms with Crippen LogP contribution in [0.3, 0.4) is 0 Å². The quantitative estimate of drug-likeness (QED) is 0.793. The molecule has 0 atom stereocenters. The molecule has 1 aromatic heterocycles. The second kappa shape index (κ2) is 7.88. The zero-order chi connectivity index (χ0) is 17.5. The molecule has 0 aliphatic rings. The van der Waals surface area contributed by atoms with Crippen molar-refractivity contribution in [3.8, 4) is 18.1 Å². The number of terminal acetylenes is 1. The van der Waals surface area contributed by atoms with Crippen LogP contribution in [0.4, 0.5) is 0 Å². The van der Waals surface area contributed by atoms with E-state index in [1.54, 1.807) is 28.9 Å². The molecule has 0 saturated heterocycles. The zero-order valence-electron chi connectivity index (χ0n) is 13.6. The monoisotopic (exact) mass is 325 g/mol. The fourth-order valence-electron chi connectivity index (χ4n) is 2.06. The van der Waals surface area contributed by atoms with Crippen molar-refractivity contribution in [2.24, 2.45) is 0 Å². The van der Waals surface area contributed by atoms with Crippen LogP contribution >= 0.6 is 0 Å². The van der Waals surface area contributed by atoms with Gasteiger partial charge in [0, 0.05) is 17.0 Å². The van der Waals surface area contributed by atoms with Gasteiger partial charge >= 0.3 is 0 Å². The predicted molar refractivity (Wildman–Crippen MR) is 91.4 cm³/mol. The Morgan fingerprint density at radius 3 is 2.33 bits per heavy atom. The second-order valence-corrected chi connectivity index (χ2v) is 5.19. The van der Waals surface area contributed by atoms with Gasteiger partial charge in [-0.2, -0.15) is 0 Å². The highest BCUT2D eigenvalue weighted by atomic mass is 16.5. The molecule has 24 heavy (non-hydrogen) atoms. The van der Waals surface area contributed by atoms with Crippen LogP contribution in [0.5, 0.6) is 5.75 Å². The van der Waals surface area contributed by atoms with E-state index in [-0.39, 0.29) is 25.0 Å². The molecule has 2 amide bonds. The number of rotatable bonds is 6. The summed E-state index contributed by atoms with van der Waals surface area (Å²) < 4.78 is 7.05. The maximum atomic E-state index is 12.3. The van der Waals surface area contributed by atoms with Gasteiger partial charge in [0.1, 0.15) is 5.75 Å². The van der Waals surface area contributed by atoms with Gasteiger partial charge in [0.2, 0.25) is 0 Å². The average molecular weight is 325 g/mol. The zero-order valence-corrected chi connectivity index (χ0v) is 13.6. The summed E-state index contributed by atoms with van der Waals surface area (Å²) in [5, 5.41) is 2.50. The SMILES string of the molecule is C#CCNC(=O)COc1ccc(C(=O)Nn2c(C)ccc2C)cc1. The highest BCUT2D eigenvalue weighted by Gasteiger charge is 2.09. The fraction of sp³-hybridized carbons (Fsp3) is 0.222. The van der Waals surface area contributed by atoms with Crippen LogP contribution in [-0.4, -0.2) is 29.6 Å². The topological polar surface area (TPSA) is 72.4 Å². The number of benzene rings is 1. The number of hydrogen-bond donors (Lipinski definition) is 2. The molecule has 0 aliphatic heterocycles. The molecule has 0 unspecified atom stereocenters. The minimum Gasteiger partial charge on any atom is -0.484 e. The van der Waals surface area contributed by atoms with E-state index < -0.39 is 0 Å². The molecule has 1 heterocycles. The van der Waals surface area contributed by atoms with Gasteiger partial charge in [-0.3, -0.25) is 19.7 Å². The number of aryl methyl sites for hydroxylation is 2. The van der Waals surface area contributed by atoms with Crippen molar-refractivity contribution < 1.29 is 14.3 Å². The molecule has 6 nitrogen and oxygen atoms in total. The van der Waals surface area contributed by atoms with Gasteiger partial charge in [0.25, 0.3) is 11.8 Å². The van der Waals surface area contributed by atoms with Gasteiger partial charge in [0.05, 0.1) is 6.54 Å². The van der Waals surface area contributed by atoms with Crippen molar-refractivity contribution in [1.29, 1.82) is 0 Å². The van der Waals surface area contributed by atoms with E-state index in [4.69, 9.17) is 11.2 Å². The van der Waals surface area contributed by atoms with Crippen molar-refractivity contribution in [3.63, 3.8) is 0 Å². The molecule has 0 saturated carbocycles. The minimum absolute atomic E-state index is 0.130. The van der Waals surface area contributed by atoms with Gasteiger partial charge in [0.15, 0.2) is 6.61 Å². The third-order valence-corrected chi connectivity index (χ3v) is 3.36. The molecule has 0 fully saturated rings. The highest BCUT2D eigenvalue weighted by molar-refractivity contribution is 6.00. The van der Waals surface area contributed by atoms with Crippen LogP contribution in [0.2, 0.25) is 0 Å². The molecule has 2 N–H and O–H groups in total. The molecule has 0 radical (unpaired) electrons. The first-order valence-corrected chi connectivity index (χ1v) is 7.40. The predicted octanol–water partition coefficient (Wildman–Crippen LogP) is 1.62. The lowest BCUT2D eigenvalue weighted by Gasteiger charge is -2.11. The molecule has 2 rings (SSSR count). The molecule has 1 aromatic carbocycles. The lowest BCUT2D eigenvalue weighted by molar-refractivity contribution is -0.122. The largest absolute Gasteiger partial charge is 0.484 e. The Morgan fingerprint density at radius 1 is 1.12 bits per heavy atom. The number of carbonyl (C=O) groups is 2. The summed E-state index contributed by atoms with van der Waals surface area (Å²) in [6, 6.07) is 10.4. The van der Waals surface area contributed by atoms with Crippen molar-refractivity contribution in [2.45, 2.75) is 13.8 Å². The highest BCUT2D eigenvalue weighted by Crippen LogP contribution is 2.13. The van der Waals surface area contributed by atoms with E-state index in [1.807, 2.05) is 26.0 Å². The first kappa shape index (κ1) is 17.2. The van der Waals surface area contributed by atoms with E-state index in [0.717, 1.165) is 11.4 Å². The van der Waals surface area contributed by atoms with E-state index in [1.165, 1.54) is 0 Å². The summed E-state index contributed by atoms with van der Waals surface area (Å²) in [6.45, 7) is 3.86. The lowest BCUT2D eigenvalue weighted by Crippen LogP contribution is -2.29. The van der Waals surface area contributed by atoms with Gasteiger partial charge < -0.3 is 10.1 Å². The number of hydrogen-bond acceptors (Lipinski definition) is 3. The maximum absolute atomic E-state index is 12.3. The first-order valence-electron chi connectivity index (χ1n) is 7.40. The number of ether oxygens (including phenoxy) is 1. The van der Waals surface area contributed by atoms with Crippen molar-refractivity contribution in [3.05, 3.63) is 53.3 Å². The van der Waals surface area contributed by atoms with Crippen molar-refractivity contribution in [2.75, 3.05) is 18.6 Å². The third-order valence-electron chi connectivity index (χ3n) is 3.36. The summed E-state index contributed by atoms with van der Waals surface area (Å²) in [6.07, 6.45) is 5.05. The van der Waals surface area contributed by atoms with Crippen molar-refractivity contribution in [1.82, 2.24) is 9.99 Å². The Morgan fingerprint density at radius 2 is 1.75 bits per heavy atom. The molecule has 2 aromatic rings. The summed E-state index contributed by atoms with van der Waals surface area (Å²) in [5.74, 6) is 2.28. The van der Waals surface area contributed by atoms with E-state index in [9.17, 15) is 9.59 Å². The fourth-order valence-corrected chi connectivity index (χ4v) is 2.06.